The summed E-state index contributed by atoms with van der Waals surface area (Å²) in [6.07, 6.45) is 6.40. The maximum absolute atomic E-state index is 13.7. The summed E-state index contributed by atoms with van der Waals surface area (Å²) in [5.74, 6) is 0.203. The Morgan fingerprint density at radius 1 is 1.08 bits per heavy atom. The number of carbonyl (C=O) groups is 1. The summed E-state index contributed by atoms with van der Waals surface area (Å²) in [6.45, 7) is 5.11. The van der Waals surface area contributed by atoms with Crippen molar-refractivity contribution >= 4 is 28.9 Å². The van der Waals surface area contributed by atoms with Crippen LogP contribution in [0.3, 0.4) is 0 Å². The highest BCUT2D eigenvalue weighted by Gasteiger charge is 2.29. The molecule has 3 rings (SSSR count). The molecule has 0 radical (unpaired) electrons. The van der Waals surface area contributed by atoms with Crippen LogP contribution in [-0.2, 0) is 4.79 Å². The van der Waals surface area contributed by atoms with Gasteiger partial charge in [-0.25, -0.2) is 4.39 Å². The molecular weight excluding hydrogens is 349 g/mol. The number of anilines is 1. The lowest BCUT2D eigenvalue weighted by Crippen LogP contribution is -2.45. The summed E-state index contributed by atoms with van der Waals surface area (Å²) < 4.78 is 13.7. The largest absolute Gasteiger partial charge is 0.349 e. The number of rotatable bonds is 2. The molecule has 26 heavy (non-hydrogen) atoms. The molecule has 0 aliphatic carbocycles. The van der Waals surface area contributed by atoms with Gasteiger partial charge in [-0.3, -0.25) is 4.79 Å². The molecule has 4 nitrogen and oxygen atoms in total. The van der Waals surface area contributed by atoms with Crippen LogP contribution in [0.5, 0.6) is 0 Å². The maximum Gasteiger partial charge on any atom is 0.225 e. The molecule has 2 aliphatic heterocycles. The van der Waals surface area contributed by atoms with Crippen LogP contribution in [0.25, 0.3) is 0 Å². The van der Waals surface area contributed by atoms with E-state index in [0.717, 1.165) is 51.9 Å². The molecule has 0 spiro atoms. The Kier molecular flexibility index (Phi) is 6.46. The predicted molar refractivity (Wildman–Crippen MR) is 107 cm³/mol. The number of carbonyl (C=O) groups excluding carboxylic acids is 1. The van der Waals surface area contributed by atoms with Crippen LogP contribution in [0.4, 0.5) is 10.1 Å². The Balaban J connectivity index is 1.50. The number of thiocarbonyl (C=S) groups is 1. The molecule has 2 aliphatic rings. The number of aryl methyl sites for hydroxylation is 1. The second kappa shape index (κ2) is 8.80. The average Bonchev–Trinajstić information content (AvgIpc) is 2.94. The van der Waals surface area contributed by atoms with Gasteiger partial charge >= 0.3 is 0 Å². The molecule has 1 aromatic rings. The van der Waals surface area contributed by atoms with Gasteiger partial charge in [-0.1, -0.05) is 18.9 Å². The second-order valence-electron chi connectivity index (χ2n) is 7.39. The molecule has 1 amide bonds. The SMILES string of the molecule is Cc1ccc(NC(=S)N2CCC(C(=O)N3CCCCCC3)CC2)cc1F. The Bertz CT molecular complexity index is 650. The third-order valence-electron chi connectivity index (χ3n) is 5.47. The minimum atomic E-state index is -0.237. The number of hydrogen-bond donors (Lipinski definition) is 1. The van der Waals surface area contributed by atoms with E-state index < -0.39 is 0 Å². The third-order valence-corrected chi connectivity index (χ3v) is 5.83. The van der Waals surface area contributed by atoms with E-state index in [2.05, 4.69) is 15.1 Å². The monoisotopic (exact) mass is 377 g/mol. The van der Waals surface area contributed by atoms with Gasteiger partial charge in [0.25, 0.3) is 0 Å². The van der Waals surface area contributed by atoms with Crippen molar-refractivity contribution in [3.63, 3.8) is 0 Å². The highest BCUT2D eigenvalue weighted by Crippen LogP contribution is 2.23. The van der Waals surface area contributed by atoms with E-state index in [0.29, 0.717) is 22.3 Å². The molecule has 6 heteroatoms. The van der Waals surface area contributed by atoms with Crippen LogP contribution in [0.15, 0.2) is 18.2 Å². The molecule has 142 valence electrons. The Hall–Kier alpha value is -1.69. The quantitative estimate of drug-likeness (QED) is 0.792. The van der Waals surface area contributed by atoms with Gasteiger partial charge in [0.1, 0.15) is 5.82 Å². The van der Waals surface area contributed by atoms with Crippen molar-refractivity contribution < 1.29 is 9.18 Å². The molecule has 0 unspecified atom stereocenters. The minimum absolute atomic E-state index is 0.115. The molecule has 0 bridgehead atoms. The summed E-state index contributed by atoms with van der Waals surface area (Å²) in [7, 11) is 0. The molecule has 2 fully saturated rings. The van der Waals surface area contributed by atoms with E-state index in [-0.39, 0.29) is 11.7 Å². The number of nitrogens with one attached hydrogen (secondary N) is 1. The number of piperidine rings is 1. The zero-order valence-corrected chi connectivity index (χ0v) is 16.3. The van der Waals surface area contributed by atoms with Gasteiger partial charge in [0.2, 0.25) is 5.91 Å². The lowest BCUT2D eigenvalue weighted by Gasteiger charge is -2.35. The van der Waals surface area contributed by atoms with Crippen molar-refractivity contribution in [3.8, 4) is 0 Å². The molecular formula is C20H28FN3OS. The molecule has 1 aromatic carbocycles. The first kappa shape index (κ1) is 19.1. The number of halogens is 1. The first-order valence-corrected chi connectivity index (χ1v) is 10.1. The highest BCUT2D eigenvalue weighted by molar-refractivity contribution is 7.80. The van der Waals surface area contributed by atoms with Crippen LogP contribution in [-0.4, -0.2) is 47.0 Å². The first-order chi connectivity index (χ1) is 12.5. The second-order valence-corrected chi connectivity index (χ2v) is 7.78. The fraction of sp³-hybridized carbons (Fsp3) is 0.600. The van der Waals surface area contributed by atoms with E-state index in [1.54, 1.807) is 13.0 Å². The van der Waals surface area contributed by atoms with Gasteiger partial charge < -0.3 is 15.1 Å². The summed E-state index contributed by atoms with van der Waals surface area (Å²) in [6, 6.07) is 5.05. The van der Waals surface area contributed by atoms with E-state index in [4.69, 9.17) is 12.2 Å². The number of amides is 1. The van der Waals surface area contributed by atoms with Crippen LogP contribution < -0.4 is 5.32 Å². The van der Waals surface area contributed by atoms with E-state index in [9.17, 15) is 9.18 Å². The van der Waals surface area contributed by atoms with Crippen molar-refractivity contribution in [2.75, 3.05) is 31.5 Å². The fourth-order valence-electron chi connectivity index (χ4n) is 3.75. The van der Waals surface area contributed by atoms with Crippen LogP contribution in [0, 0.1) is 18.7 Å². The topological polar surface area (TPSA) is 35.6 Å². The molecule has 0 atom stereocenters. The third kappa shape index (κ3) is 4.72. The van der Waals surface area contributed by atoms with Crippen molar-refractivity contribution in [3.05, 3.63) is 29.6 Å². The van der Waals surface area contributed by atoms with Crippen molar-refractivity contribution in [1.82, 2.24) is 9.80 Å². The maximum atomic E-state index is 13.7. The Morgan fingerprint density at radius 2 is 1.73 bits per heavy atom. The number of benzene rings is 1. The van der Waals surface area contributed by atoms with Gasteiger partial charge in [-0.2, -0.15) is 0 Å². The van der Waals surface area contributed by atoms with Gasteiger partial charge in [-0.15, -0.1) is 0 Å². The van der Waals surface area contributed by atoms with E-state index >= 15 is 0 Å². The van der Waals surface area contributed by atoms with Crippen LogP contribution in [0.2, 0.25) is 0 Å². The standard InChI is InChI=1S/C20H28FN3OS/c1-15-6-7-17(14-18(15)21)22-20(26)24-12-8-16(9-13-24)19(25)23-10-4-2-3-5-11-23/h6-7,14,16H,2-5,8-13H2,1H3,(H,22,26). The lowest BCUT2D eigenvalue weighted by atomic mass is 9.95. The summed E-state index contributed by atoms with van der Waals surface area (Å²) in [5.41, 5.74) is 1.29. The number of nitrogens with zero attached hydrogens (tertiary/aromatic N) is 2. The summed E-state index contributed by atoms with van der Waals surface area (Å²) >= 11 is 5.48. The van der Waals surface area contributed by atoms with Gasteiger partial charge in [0.15, 0.2) is 5.11 Å². The minimum Gasteiger partial charge on any atom is -0.349 e. The predicted octanol–water partition coefficient (Wildman–Crippen LogP) is 3.95. The highest BCUT2D eigenvalue weighted by atomic mass is 32.1. The Labute approximate surface area is 160 Å². The van der Waals surface area contributed by atoms with Crippen molar-refractivity contribution in [1.29, 1.82) is 0 Å². The van der Waals surface area contributed by atoms with E-state index in [1.807, 2.05) is 6.07 Å². The molecule has 2 saturated heterocycles. The fourth-order valence-corrected chi connectivity index (χ4v) is 4.05. The normalized spacial score (nSPS) is 19.2. The first-order valence-electron chi connectivity index (χ1n) is 9.65. The molecule has 2 heterocycles. The zero-order chi connectivity index (χ0) is 18.5. The van der Waals surface area contributed by atoms with Crippen LogP contribution in [0.1, 0.15) is 44.1 Å². The average molecular weight is 378 g/mol. The molecule has 0 saturated carbocycles. The molecule has 1 N–H and O–H groups in total. The van der Waals surface area contributed by atoms with Crippen LogP contribution >= 0.6 is 12.2 Å². The zero-order valence-electron chi connectivity index (χ0n) is 15.5. The van der Waals surface area contributed by atoms with Crippen molar-refractivity contribution in [2.45, 2.75) is 45.4 Å². The van der Waals surface area contributed by atoms with Gasteiger partial charge in [-0.05, 0) is 62.5 Å². The summed E-state index contributed by atoms with van der Waals surface area (Å²) in [5, 5.41) is 3.72. The smallest absolute Gasteiger partial charge is 0.225 e. The lowest BCUT2D eigenvalue weighted by molar-refractivity contribution is -0.136. The van der Waals surface area contributed by atoms with Crippen molar-refractivity contribution in [2.24, 2.45) is 5.92 Å². The van der Waals surface area contributed by atoms with E-state index in [1.165, 1.54) is 18.9 Å². The molecule has 0 aromatic heterocycles. The number of likely N-dealkylation sites (tertiary alicyclic amines) is 2. The Morgan fingerprint density at radius 3 is 2.35 bits per heavy atom. The van der Waals surface area contributed by atoms with Gasteiger partial charge in [0, 0.05) is 37.8 Å². The van der Waals surface area contributed by atoms with Gasteiger partial charge in [0.05, 0.1) is 0 Å². The summed E-state index contributed by atoms with van der Waals surface area (Å²) in [4.78, 5) is 16.9. The number of hydrogen-bond acceptors (Lipinski definition) is 2.